The second-order valence-corrected chi connectivity index (χ2v) is 6.97. The van der Waals surface area contributed by atoms with Crippen molar-refractivity contribution in [2.75, 3.05) is 4.72 Å². The molecule has 1 aromatic carbocycles. The van der Waals surface area contributed by atoms with Crippen molar-refractivity contribution in [3.63, 3.8) is 0 Å². The average Bonchev–Trinajstić information content (AvgIpc) is 2.87. The Labute approximate surface area is 129 Å². The molecule has 1 heterocycles. The van der Waals surface area contributed by atoms with Gasteiger partial charge in [-0.25, -0.2) is 13.2 Å². The highest BCUT2D eigenvalue weighted by Gasteiger charge is 2.20. The van der Waals surface area contributed by atoms with E-state index in [2.05, 4.69) is 4.72 Å². The molecule has 21 heavy (non-hydrogen) atoms. The summed E-state index contributed by atoms with van der Waals surface area (Å²) in [5, 5.41) is 17.7. The number of benzene rings is 1. The number of nitriles is 1. The standard InChI is InChI=1S/C12H7ClN2O4S2/c13-8-2-1-7(6-14)5-10(8)21(18,19)15-11-4-3-9(20-11)12(16)17/h1-5,15H,(H,16,17). The van der Waals surface area contributed by atoms with Crippen molar-refractivity contribution in [3.05, 3.63) is 45.8 Å². The van der Waals surface area contributed by atoms with Crippen LogP contribution in [0.3, 0.4) is 0 Å². The number of carboxylic acids is 1. The molecule has 0 saturated heterocycles. The van der Waals surface area contributed by atoms with Crippen molar-refractivity contribution in [3.8, 4) is 6.07 Å². The predicted molar refractivity (Wildman–Crippen MR) is 78.3 cm³/mol. The number of thiophene rings is 1. The third-order valence-electron chi connectivity index (χ3n) is 2.40. The molecule has 0 bridgehead atoms. The highest BCUT2D eigenvalue weighted by molar-refractivity contribution is 7.93. The van der Waals surface area contributed by atoms with E-state index in [1.165, 1.54) is 24.3 Å². The summed E-state index contributed by atoms with van der Waals surface area (Å²) in [6.45, 7) is 0. The van der Waals surface area contributed by atoms with Crippen LogP contribution in [0, 0.1) is 11.3 Å². The number of anilines is 1. The summed E-state index contributed by atoms with van der Waals surface area (Å²) >= 11 is 6.62. The van der Waals surface area contributed by atoms with Gasteiger partial charge in [-0.15, -0.1) is 11.3 Å². The summed E-state index contributed by atoms with van der Waals surface area (Å²) in [4.78, 5) is 10.5. The van der Waals surface area contributed by atoms with Crippen molar-refractivity contribution in [1.82, 2.24) is 0 Å². The van der Waals surface area contributed by atoms with Crippen molar-refractivity contribution < 1.29 is 18.3 Å². The number of carbonyl (C=O) groups is 1. The normalized spacial score (nSPS) is 10.9. The van der Waals surface area contributed by atoms with E-state index >= 15 is 0 Å². The van der Waals surface area contributed by atoms with Gasteiger partial charge in [0.1, 0.15) is 14.8 Å². The number of nitrogens with zero attached hydrogens (tertiary/aromatic N) is 1. The van der Waals surface area contributed by atoms with E-state index in [1.54, 1.807) is 0 Å². The molecular formula is C12H7ClN2O4S2. The summed E-state index contributed by atoms with van der Waals surface area (Å²) in [5.74, 6) is -1.14. The molecule has 0 amide bonds. The molecule has 6 nitrogen and oxygen atoms in total. The largest absolute Gasteiger partial charge is 0.477 e. The monoisotopic (exact) mass is 342 g/mol. The van der Waals surface area contributed by atoms with Crippen LogP contribution in [0.25, 0.3) is 0 Å². The van der Waals surface area contributed by atoms with E-state index in [1.807, 2.05) is 6.07 Å². The van der Waals surface area contributed by atoms with E-state index in [0.29, 0.717) is 0 Å². The smallest absolute Gasteiger partial charge is 0.345 e. The Morgan fingerprint density at radius 2 is 2.05 bits per heavy atom. The maximum Gasteiger partial charge on any atom is 0.345 e. The fourth-order valence-corrected chi connectivity index (χ4v) is 4.04. The first-order chi connectivity index (χ1) is 9.83. The fraction of sp³-hybridized carbons (Fsp3) is 0. The molecule has 0 atom stereocenters. The molecule has 0 aliphatic carbocycles. The molecule has 0 aliphatic heterocycles. The maximum absolute atomic E-state index is 12.2. The zero-order valence-electron chi connectivity index (χ0n) is 10.2. The summed E-state index contributed by atoms with van der Waals surface area (Å²) in [7, 11) is -4.00. The summed E-state index contributed by atoms with van der Waals surface area (Å²) in [6.07, 6.45) is 0. The molecule has 0 radical (unpaired) electrons. The minimum absolute atomic E-state index is 0.00423. The zero-order valence-corrected chi connectivity index (χ0v) is 12.6. The third-order valence-corrected chi connectivity index (χ3v) is 5.37. The van der Waals surface area contributed by atoms with Gasteiger partial charge in [-0.05, 0) is 30.3 Å². The van der Waals surface area contributed by atoms with Crippen LogP contribution in [0.15, 0.2) is 35.2 Å². The zero-order chi connectivity index (χ0) is 15.6. The third kappa shape index (κ3) is 3.33. The molecule has 0 fully saturated rings. The Morgan fingerprint density at radius 3 is 2.62 bits per heavy atom. The van der Waals surface area contributed by atoms with Crippen LogP contribution in [0.4, 0.5) is 5.00 Å². The molecule has 0 unspecified atom stereocenters. The molecule has 108 valence electrons. The summed E-state index contributed by atoms with van der Waals surface area (Å²) < 4.78 is 26.7. The van der Waals surface area contributed by atoms with Gasteiger partial charge in [-0.1, -0.05) is 11.6 Å². The highest BCUT2D eigenvalue weighted by atomic mass is 35.5. The van der Waals surface area contributed by atoms with Gasteiger partial charge in [0.15, 0.2) is 0 Å². The van der Waals surface area contributed by atoms with Gasteiger partial charge in [-0.2, -0.15) is 5.26 Å². The fourth-order valence-electron chi connectivity index (χ4n) is 1.47. The number of nitrogens with one attached hydrogen (secondary N) is 1. The van der Waals surface area contributed by atoms with Crippen LogP contribution in [-0.4, -0.2) is 19.5 Å². The van der Waals surface area contributed by atoms with Gasteiger partial charge in [0, 0.05) is 0 Å². The Hall–Kier alpha value is -2.08. The number of aromatic carboxylic acids is 1. The van der Waals surface area contributed by atoms with Crippen molar-refractivity contribution in [1.29, 1.82) is 5.26 Å². The molecule has 2 aromatic rings. The molecule has 1 aromatic heterocycles. The maximum atomic E-state index is 12.2. The minimum atomic E-state index is -4.00. The molecular weight excluding hydrogens is 336 g/mol. The summed E-state index contributed by atoms with van der Waals surface area (Å²) in [6, 6.07) is 8.31. The molecule has 9 heteroatoms. The van der Waals surface area contributed by atoms with Crippen LogP contribution >= 0.6 is 22.9 Å². The number of halogens is 1. The molecule has 0 aliphatic rings. The first-order valence-corrected chi connectivity index (χ1v) is 8.07. The van der Waals surface area contributed by atoms with Crippen LogP contribution in [0.5, 0.6) is 0 Å². The quantitative estimate of drug-likeness (QED) is 0.888. The topological polar surface area (TPSA) is 107 Å². The lowest BCUT2D eigenvalue weighted by Gasteiger charge is -2.07. The average molecular weight is 343 g/mol. The van der Waals surface area contributed by atoms with E-state index in [4.69, 9.17) is 22.0 Å². The van der Waals surface area contributed by atoms with Crippen molar-refractivity contribution in [2.45, 2.75) is 4.90 Å². The van der Waals surface area contributed by atoms with E-state index < -0.39 is 16.0 Å². The lowest BCUT2D eigenvalue weighted by Crippen LogP contribution is -2.12. The van der Waals surface area contributed by atoms with Crippen LogP contribution < -0.4 is 4.72 Å². The Morgan fingerprint density at radius 1 is 1.33 bits per heavy atom. The second kappa shape index (κ2) is 5.73. The lowest BCUT2D eigenvalue weighted by atomic mass is 10.2. The first kappa shape index (κ1) is 15.3. The van der Waals surface area contributed by atoms with E-state index in [-0.39, 0.29) is 25.4 Å². The molecule has 2 rings (SSSR count). The SMILES string of the molecule is N#Cc1ccc(Cl)c(S(=O)(=O)Nc2ccc(C(=O)O)s2)c1. The molecule has 2 N–H and O–H groups in total. The highest BCUT2D eigenvalue weighted by Crippen LogP contribution is 2.28. The Balaban J connectivity index is 2.38. The lowest BCUT2D eigenvalue weighted by molar-refractivity contribution is 0.0702. The number of rotatable bonds is 4. The van der Waals surface area contributed by atoms with Crippen LogP contribution in [0.1, 0.15) is 15.2 Å². The van der Waals surface area contributed by atoms with Gasteiger partial charge < -0.3 is 5.11 Å². The Kier molecular flexibility index (Phi) is 4.18. The second-order valence-electron chi connectivity index (χ2n) is 3.83. The Bertz CT molecular complexity index is 852. The minimum Gasteiger partial charge on any atom is -0.477 e. The first-order valence-electron chi connectivity index (χ1n) is 5.39. The van der Waals surface area contributed by atoms with Gasteiger partial charge in [0.05, 0.1) is 16.7 Å². The van der Waals surface area contributed by atoms with Gasteiger partial charge in [0.2, 0.25) is 0 Å². The number of sulfonamides is 1. The van der Waals surface area contributed by atoms with Gasteiger partial charge in [0.25, 0.3) is 10.0 Å². The molecule has 0 spiro atoms. The van der Waals surface area contributed by atoms with E-state index in [0.717, 1.165) is 17.4 Å². The number of hydrogen-bond donors (Lipinski definition) is 2. The van der Waals surface area contributed by atoms with Crippen LogP contribution in [0.2, 0.25) is 5.02 Å². The number of carboxylic acid groups (broad SMARTS) is 1. The van der Waals surface area contributed by atoms with Gasteiger partial charge >= 0.3 is 5.97 Å². The summed E-state index contributed by atoms with van der Waals surface area (Å²) in [5.41, 5.74) is 0.150. The predicted octanol–water partition coefficient (Wildman–Crippen LogP) is 2.77. The molecule has 0 saturated carbocycles. The van der Waals surface area contributed by atoms with E-state index in [9.17, 15) is 13.2 Å². The van der Waals surface area contributed by atoms with Crippen molar-refractivity contribution in [2.24, 2.45) is 0 Å². The number of hydrogen-bond acceptors (Lipinski definition) is 5. The van der Waals surface area contributed by atoms with Crippen molar-refractivity contribution >= 4 is 43.9 Å². The van der Waals surface area contributed by atoms with Gasteiger partial charge in [-0.3, -0.25) is 4.72 Å². The van der Waals surface area contributed by atoms with Crippen LogP contribution in [-0.2, 0) is 10.0 Å².